The minimum atomic E-state index is -0.249. The molecule has 25 heavy (non-hydrogen) atoms. The van der Waals surface area contributed by atoms with Crippen LogP contribution in [0.5, 0.6) is 5.88 Å². The Morgan fingerprint density at radius 1 is 1.12 bits per heavy atom. The van der Waals surface area contributed by atoms with Crippen molar-refractivity contribution in [3.63, 3.8) is 0 Å². The first-order valence-electron chi connectivity index (χ1n) is 7.93. The smallest absolute Gasteiger partial charge is 0.273 e. The third-order valence-electron chi connectivity index (χ3n) is 3.86. The number of fused-ring (bicyclic) bond motifs is 1. The molecule has 0 bridgehead atoms. The third-order valence-corrected chi connectivity index (χ3v) is 3.86. The number of carbonyl (C=O) groups excluding carboxylic acids is 1. The van der Waals surface area contributed by atoms with Crippen LogP contribution in [0.25, 0.3) is 5.69 Å². The van der Waals surface area contributed by atoms with Gasteiger partial charge in [-0.2, -0.15) is 5.10 Å². The summed E-state index contributed by atoms with van der Waals surface area (Å²) in [6.45, 7) is 1.93. The molecule has 1 aliphatic heterocycles. The summed E-state index contributed by atoms with van der Waals surface area (Å²) in [6.07, 6.45) is 0. The van der Waals surface area contributed by atoms with Crippen LogP contribution >= 0.6 is 0 Å². The van der Waals surface area contributed by atoms with Crippen LogP contribution in [0.15, 0.2) is 65.7 Å². The van der Waals surface area contributed by atoms with Crippen molar-refractivity contribution in [2.24, 2.45) is 4.99 Å². The van der Waals surface area contributed by atoms with E-state index in [0.717, 1.165) is 22.6 Å². The highest BCUT2D eigenvalue weighted by molar-refractivity contribution is 6.49. The average molecular weight is 332 g/mol. The maximum atomic E-state index is 12.2. The number of carbonyl (C=O) groups is 1. The summed E-state index contributed by atoms with van der Waals surface area (Å²) >= 11 is 0. The average Bonchev–Trinajstić information content (AvgIpc) is 2.97. The van der Waals surface area contributed by atoms with E-state index in [-0.39, 0.29) is 12.6 Å². The predicted molar refractivity (Wildman–Crippen MR) is 94.6 cm³/mol. The van der Waals surface area contributed by atoms with Gasteiger partial charge in [-0.1, -0.05) is 36.4 Å². The highest BCUT2D eigenvalue weighted by Crippen LogP contribution is 2.28. The van der Waals surface area contributed by atoms with Crippen LogP contribution in [0.2, 0.25) is 0 Å². The first-order valence-corrected chi connectivity index (χ1v) is 7.93. The van der Waals surface area contributed by atoms with E-state index in [2.05, 4.69) is 15.4 Å². The maximum absolute atomic E-state index is 12.2. The van der Waals surface area contributed by atoms with E-state index < -0.39 is 0 Å². The molecular weight excluding hydrogens is 316 g/mol. The lowest BCUT2D eigenvalue weighted by Gasteiger charge is -2.17. The van der Waals surface area contributed by atoms with E-state index in [1.165, 1.54) is 0 Å². The molecule has 0 atom stereocenters. The first-order chi connectivity index (χ1) is 12.2. The molecule has 0 unspecified atom stereocenters. The van der Waals surface area contributed by atoms with Crippen LogP contribution in [0.3, 0.4) is 0 Å². The minimum absolute atomic E-state index is 0.0397. The number of hydrogen-bond donors (Lipinski definition) is 1. The summed E-state index contributed by atoms with van der Waals surface area (Å²) < 4.78 is 7.41. The number of aryl methyl sites for hydroxylation is 1. The Morgan fingerprint density at radius 2 is 1.88 bits per heavy atom. The maximum Gasteiger partial charge on any atom is 0.273 e. The Morgan fingerprint density at radius 3 is 2.68 bits per heavy atom. The number of nitrogens with one attached hydrogen (secondary N) is 1. The highest BCUT2D eigenvalue weighted by atomic mass is 16.5. The fraction of sp³-hybridized carbons (Fsp3) is 0.105. The number of aromatic nitrogens is 2. The van der Waals surface area contributed by atoms with Crippen LogP contribution < -0.4 is 10.1 Å². The molecular formula is C19H16N4O2. The zero-order valence-corrected chi connectivity index (χ0v) is 13.6. The molecule has 4 rings (SSSR count). The Kier molecular flexibility index (Phi) is 3.78. The lowest BCUT2D eigenvalue weighted by atomic mass is 10.0. The predicted octanol–water partition coefficient (Wildman–Crippen LogP) is 2.77. The zero-order valence-electron chi connectivity index (χ0n) is 13.6. The van der Waals surface area contributed by atoms with Gasteiger partial charge in [0.25, 0.3) is 5.91 Å². The molecule has 0 aliphatic carbocycles. The van der Waals surface area contributed by atoms with Gasteiger partial charge in [0.1, 0.15) is 5.71 Å². The highest BCUT2D eigenvalue weighted by Gasteiger charge is 2.24. The third kappa shape index (κ3) is 2.89. The van der Waals surface area contributed by atoms with Gasteiger partial charge in [-0.25, -0.2) is 9.67 Å². The molecule has 2 heterocycles. The molecule has 1 aliphatic rings. The first kappa shape index (κ1) is 15.1. The van der Waals surface area contributed by atoms with Crippen molar-refractivity contribution in [1.82, 2.24) is 15.1 Å². The zero-order chi connectivity index (χ0) is 17.2. The lowest BCUT2D eigenvalue weighted by molar-refractivity contribution is -0.115. The van der Waals surface area contributed by atoms with Crippen molar-refractivity contribution >= 4 is 17.3 Å². The van der Waals surface area contributed by atoms with E-state index in [9.17, 15) is 4.79 Å². The molecule has 1 N–H and O–H groups in total. The van der Waals surface area contributed by atoms with Gasteiger partial charge >= 0.3 is 0 Å². The number of ether oxygens (including phenoxy) is 1. The SMILES string of the molecule is Cc1cc(OCNC(=O)C2=Nc3ccccc32)n(-c2ccccc2)n1. The van der Waals surface area contributed by atoms with Crippen LogP contribution in [-0.2, 0) is 4.79 Å². The van der Waals surface area contributed by atoms with Gasteiger partial charge in [-0.05, 0) is 25.1 Å². The molecule has 0 saturated heterocycles. The van der Waals surface area contributed by atoms with E-state index >= 15 is 0 Å². The second kappa shape index (κ2) is 6.24. The van der Waals surface area contributed by atoms with Gasteiger partial charge in [0.15, 0.2) is 6.73 Å². The van der Waals surface area contributed by atoms with Gasteiger partial charge < -0.3 is 10.1 Å². The van der Waals surface area contributed by atoms with Crippen molar-refractivity contribution < 1.29 is 9.53 Å². The number of nitrogens with zero attached hydrogens (tertiary/aromatic N) is 3. The largest absolute Gasteiger partial charge is 0.456 e. The van der Waals surface area contributed by atoms with E-state index in [1.54, 1.807) is 4.68 Å². The number of aliphatic imine (C=N–C) groups is 1. The summed E-state index contributed by atoms with van der Waals surface area (Å²) in [5.74, 6) is 0.321. The Hall–Kier alpha value is -3.41. The molecule has 6 nitrogen and oxygen atoms in total. The van der Waals surface area contributed by atoms with Crippen LogP contribution in [-0.4, -0.2) is 28.1 Å². The second-order valence-corrected chi connectivity index (χ2v) is 5.64. The molecule has 0 spiro atoms. The van der Waals surface area contributed by atoms with Crippen LogP contribution in [0.4, 0.5) is 5.69 Å². The normalized spacial score (nSPS) is 12.0. The fourth-order valence-corrected chi connectivity index (χ4v) is 2.66. The molecule has 124 valence electrons. The van der Waals surface area contributed by atoms with Gasteiger partial charge in [-0.15, -0.1) is 0 Å². The second-order valence-electron chi connectivity index (χ2n) is 5.64. The Labute approximate surface area is 144 Å². The van der Waals surface area contributed by atoms with Crippen molar-refractivity contribution in [3.8, 4) is 11.6 Å². The Balaban J connectivity index is 1.41. The Bertz CT molecular complexity index is 961. The topological polar surface area (TPSA) is 68.5 Å². The molecule has 0 radical (unpaired) electrons. The van der Waals surface area contributed by atoms with E-state index in [4.69, 9.17) is 4.74 Å². The molecule has 2 aromatic carbocycles. The monoisotopic (exact) mass is 332 g/mol. The number of para-hydroxylation sites is 2. The summed E-state index contributed by atoms with van der Waals surface area (Å²) in [5, 5.41) is 7.15. The molecule has 0 fully saturated rings. The van der Waals surface area contributed by atoms with Crippen molar-refractivity contribution in [2.45, 2.75) is 6.92 Å². The molecule has 3 aromatic rings. The van der Waals surface area contributed by atoms with Crippen molar-refractivity contribution in [1.29, 1.82) is 0 Å². The van der Waals surface area contributed by atoms with Gasteiger partial charge in [-0.3, -0.25) is 4.79 Å². The van der Waals surface area contributed by atoms with Crippen LogP contribution in [0.1, 0.15) is 11.3 Å². The summed E-state index contributed by atoms with van der Waals surface area (Å²) in [6, 6.07) is 19.1. The van der Waals surface area contributed by atoms with Gasteiger partial charge in [0, 0.05) is 11.6 Å². The lowest BCUT2D eigenvalue weighted by Crippen LogP contribution is -2.36. The number of hydrogen-bond acceptors (Lipinski definition) is 4. The van der Waals surface area contributed by atoms with Crippen molar-refractivity contribution in [2.75, 3.05) is 6.73 Å². The molecule has 1 amide bonds. The van der Waals surface area contributed by atoms with Gasteiger partial charge in [0.2, 0.25) is 5.88 Å². The standard InChI is InChI=1S/C19H16N4O2/c1-13-11-17(23(22-13)14-7-3-2-4-8-14)25-12-20-19(24)18-15-9-5-6-10-16(15)21-18/h2-11H,12H2,1H3,(H,20,24). The minimum Gasteiger partial charge on any atom is -0.456 e. The van der Waals surface area contributed by atoms with E-state index in [0.29, 0.717) is 11.6 Å². The summed E-state index contributed by atoms with van der Waals surface area (Å²) in [7, 11) is 0. The molecule has 6 heteroatoms. The van der Waals surface area contributed by atoms with Crippen molar-refractivity contribution in [3.05, 3.63) is 71.9 Å². The van der Waals surface area contributed by atoms with E-state index in [1.807, 2.05) is 67.6 Å². The number of rotatable bonds is 5. The molecule has 0 saturated carbocycles. The number of amides is 1. The number of benzene rings is 2. The molecule has 1 aromatic heterocycles. The van der Waals surface area contributed by atoms with Crippen LogP contribution in [0, 0.1) is 6.92 Å². The summed E-state index contributed by atoms with van der Waals surface area (Å²) in [5.41, 5.74) is 3.88. The fourth-order valence-electron chi connectivity index (χ4n) is 2.66. The summed E-state index contributed by atoms with van der Waals surface area (Å²) in [4.78, 5) is 16.4. The van der Waals surface area contributed by atoms with Gasteiger partial charge in [0.05, 0.1) is 17.1 Å². The quantitative estimate of drug-likeness (QED) is 0.731.